The molecular weight excluding hydrogens is 216 g/mol. The van der Waals surface area contributed by atoms with Crippen molar-refractivity contribution in [1.29, 1.82) is 0 Å². The lowest BCUT2D eigenvalue weighted by molar-refractivity contribution is -0.159. The van der Waals surface area contributed by atoms with Gasteiger partial charge in [-0.15, -0.1) is 0 Å². The molecule has 1 heterocycles. The Labute approximate surface area is 103 Å². The first-order valence-electron chi connectivity index (χ1n) is 6.65. The Balaban J connectivity index is 2.23. The first-order valence-corrected chi connectivity index (χ1v) is 6.65. The van der Waals surface area contributed by atoms with Crippen molar-refractivity contribution in [3.05, 3.63) is 0 Å². The summed E-state index contributed by atoms with van der Waals surface area (Å²) in [5, 5.41) is 0. The summed E-state index contributed by atoms with van der Waals surface area (Å²) in [4.78, 5) is 25.8. The van der Waals surface area contributed by atoms with E-state index < -0.39 is 0 Å². The van der Waals surface area contributed by atoms with E-state index >= 15 is 0 Å². The number of hydrogen-bond donors (Lipinski definition) is 1. The van der Waals surface area contributed by atoms with Crippen LogP contribution in [0.2, 0.25) is 0 Å². The van der Waals surface area contributed by atoms with Gasteiger partial charge in [0.1, 0.15) is 0 Å². The first kappa shape index (κ1) is 12.6. The molecule has 1 saturated carbocycles. The molecule has 0 atom stereocenters. The fourth-order valence-electron chi connectivity index (χ4n) is 3.25. The van der Waals surface area contributed by atoms with Gasteiger partial charge in [-0.1, -0.05) is 26.2 Å². The van der Waals surface area contributed by atoms with Crippen LogP contribution in [0.4, 0.5) is 0 Å². The monoisotopic (exact) mass is 238 g/mol. The van der Waals surface area contributed by atoms with E-state index in [0.29, 0.717) is 19.4 Å². The van der Waals surface area contributed by atoms with Crippen LogP contribution in [0.25, 0.3) is 0 Å². The summed E-state index contributed by atoms with van der Waals surface area (Å²) in [6.45, 7) is 2.38. The number of carbonyl (C=O) groups is 2. The fourth-order valence-corrected chi connectivity index (χ4v) is 3.25. The van der Waals surface area contributed by atoms with Crippen LogP contribution in [0, 0.1) is 5.92 Å². The molecule has 2 amide bonds. The Morgan fingerprint density at radius 3 is 2.18 bits per heavy atom. The van der Waals surface area contributed by atoms with E-state index in [4.69, 9.17) is 5.73 Å². The van der Waals surface area contributed by atoms with Crippen molar-refractivity contribution in [3.63, 3.8) is 0 Å². The van der Waals surface area contributed by atoms with E-state index in [1.807, 2.05) is 6.92 Å². The van der Waals surface area contributed by atoms with Gasteiger partial charge in [0.15, 0.2) is 0 Å². The lowest BCUT2D eigenvalue weighted by atomic mass is 9.78. The van der Waals surface area contributed by atoms with Gasteiger partial charge >= 0.3 is 0 Å². The lowest BCUT2D eigenvalue weighted by Gasteiger charge is -2.46. The Bertz CT molecular complexity index is 303. The number of piperidine rings is 1. The minimum absolute atomic E-state index is 0.0129. The lowest BCUT2D eigenvalue weighted by Crippen LogP contribution is -2.61. The molecule has 1 saturated heterocycles. The van der Waals surface area contributed by atoms with E-state index in [-0.39, 0.29) is 23.3 Å². The van der Waals surface area contributed by atoms with Crippen LogP contribution in [0.15, 0.2) is 0 Å². The highest BCUT2D eigenvalue weighted by Gasteiger charge is 2.45. The highest BCUT2D eigenvalue weighted by atomic mass is 16.2. The minimum Gasteiger partial charge on any atom is -0.328 e. The summed E-state index contributed by atoms with van der Waals surface area (Å²) in [7, 11) is 0. The summed E-state index contributed by atoms with van der Waals surface area (Å²) in [6.07, 6.45) is 6.09. The zero-order valence-corrected chi connectivity index (χ0v) is 10.6. The number of amides is 2. The summed E-state index contributed by atoms with van der Waals surface area (Å²) in [5.74, 6) is 0.159. The Morgan fingerprint density at radius 2 is 1.71 bits per heavy atom. The predicted molar refractivity (Wildman–Crippen MR) is 65.1 cm³/mol. The van der Waals surface area contributed by atoms with Crippen molar-refractivity contribution in [2.24, 2.45) is 11.7 Å². The average molecular weight is 238 g/mol. The second kappa shape index (κ2) is 4.77. The van der Waals surface area contributed by atoms with Crippen LogP contribution in [0.3, 0.4) is 0 Å². The molecular formula is C13H22N2O2. The van der Waals surface area contributed by atoms with Crippen LogP contribution in [0.5, 0.6) is 0 Å². The molecule has 2 aliphatic rings. The topological polar surface area (TPSA) is 63.4 Å². The normalized spacial score (nSPS) is 26.4. The van der Waals surface area contributed by atoms with Gasteiger partial charge in [-0.25, -0.2) is 0 Å². The third-order valence-corrected chi connectivity index (χ3v) is 4.18. The molecule has 0 aromatic carbocycles. The molecule has 4 heteroatoms. The Morgan fingerprint density at radius 1 is 1.18 bits per heavy atom. The largest absolute Gasteiger partial charge is 0.328 e. The summed E-state index contributed by atoms with van der Waals surface area (Å²) in [5.41, 5.74) is 5.51. The molecule has 0 radical (unpaired) electrons. The molecule has 1 aliphatic carbocycles. The number of likely N-dealkylation sites (tertiary alicyclic amines) is 1. The van der Waals surface area contributed by atoms with Gasteiger partial charge in [-0.3, -0.25) is 14.5 Å². The van der Waals surface area contributed by atoms with Gasteiger partial charge in [-0.2, -0.15) is 0 Å². The van der Waals surface area contributed by atoms with Crippen molar-refractivity contribution in [2.45, 2.75) is 57.4 Å². The van der Waals surface area contributed by atoms with Crippen molar-refractivity contribution in [3.8, 4) is 0 Å². The van der Waals surface area contributed by atoms with Crippen LogP contribution >= 0.6 is 0 Å². The third-order valence-electron chi connectivity index (χ3n) is 4.18. The van der Waals surface area contributed by atoms with E-state index in [0.717, 1.165) is 25.7 Å². The summed E-state index contributed by atoms with van der Waals surface area (Å²) in [6, 6.07) is 0. The summed E-state index contributed by atoms with van der Waals surface area (Å²) < 4.78 is 0. The van der Waals surface area contributed by atoms with Crippen LogP contribution in [0.1, 0.15) is 51.9 Å². The van der Waals surface area contributed by atoms with Gasteiger partial charge in [0.25, 0.3) is 0 Å². The molecule has 2 N–H and O–H groups in total. The number of hydrogen-bond acceptors (Lipinski definition) is 3. The number of rotatable bonds is 2. The van der Waals surface area contributed by atoms with E-state index in [1.54, 1.807) is 0 Å². The quantitative estimate of drug-likeness (QED) is 0.740. The molecule has 0 spiro atoms. The molecule has 1 aliphatic heterocycles. The fraction of sp³-hybridized carbons (Fsp3) is 0.846. The molecule has 4 nitrogen and oxygen atoms in total. The van der Waals surface area contributed by atoms with Crippen molar-refractivity contribution >= 4 is 11.8 Å². The van der Waals surface area contributed by atoms with Crippen molar-refractivity contribution < 1.29 is 9.59 Å². The molecule has 0 aromatic rings. The molecule has 96 valence electrons. The van der Waals surface area contributed by atoms with Gasteiger partial charge in [0.2, 0.25) is 11.8 Å². The molecule has 17 heavy (non-hydrogen) atoms. The predicted octanol–water partition coefficient (Wildman–Crippen LogP) is 1.43. The van der Waals surface area contributed by atoms with Gasteiger partial charge in [0, 0.05) is 19.4 Å². The zero-order valence-electron chi connectivity index (χ0n) is 10.6. The smallest absolute Gasteiger partial charge is 0.230 e. The molecule has 0 bridgehead atoms. The Kier molecular flexibility index (Phi) is 3.52. The highest BCUT2D eigenvalue weighted by molar-refractivity contribution is 5.98. The number of nitrogens with two attached hydrogens (primary N) is 1. The standard InChI is InChI=1S/C13H22N2O2/c1-10-7-11(16)15(12(17)8-10)13(9-14)5-3-2-4-6-13/h10H,2-9,14H2,1H3. The highest BCUT2D eigenvalue weighted by Crippen LogP contribution is 2.36. The number of nitrogens with zero attached hydrogens (tertiary/aromatic N) is 1. The average Bonchev–Trinajstić information content (AvgIpc) is 2.28. The maximum absolute atomic E-state index is 12.1. The number of carbonyl (C=O) groups excluding carboxylic acids is 2. The zero-order chi connectivity index (χ0) is 12.5. The minimum atomic E-state index is -0.368. The molecule has 0 aromatic heterocycles. The Hall–Kier alpha value is -0.900. The summed E-state index contributed by atoms with van der Waals surface area (Å²) >= 11 is 0. The third kappa shape index (κ3) is 2.23. The maximum atomic E-state index is 12.1. The molecule has 2 rings (SSSR count). The van der Waals surface area contributed by atoms with E-state index in [2.05, 4.69) is 0 Å². The van der Waals surface area contributed by atoms with Gasteiger partial charge < -0.3 is 5.73 Å². The van der Waals surface area contributed by atoms with Crippen LogP contribution in [-0.4, -0.2) is 28.8 Å². The van der Waals surface area contributed by atoms with Gasteiger partial charge in [0.05, 0.1) is 5.54 Å². The van der Waals surface area contributed by atoms with Crippen LogP contribution in [-0.2, 0) is 9.59 Å². The maximum Gasteiger partial charge on any atom is 0.230 e. The SMILES string of the molecule is CC1CC(=O)N(C2(CN)CCCCC2)C(=O)C1. The molecule has 2 fully saturated rings. The van der Waals surface area contributed by atoms with E-state index in [9.17, 15) is 9.59 Å². The number of imide groups is 1. The van der Waals surface area contributed by atoms with Gasteiger partial charge in [-0.05, 0) is 18.8 Å². The van der Waals surface area contributed by atoms with Crippen molar-refractivity contribution in [1.82, 2.24) is 4.90 Å². The second-order valence-corrected chi connectivity index (χ2v) is 5.63. The molecule has 0 unspecified atom stereocenters. The van der Waals surface area contributed by atoms with Crippen molar-refractivity contribution in [2.75, 3.05) is 6.54 Å². The first-order chi connectivity index (χ1) is 8.09. The van der Waals surface area contributed by atoms with E-state index in [1.165, 1.54) is 11.3 Å². The van der Waals surface area contributed by atoms with Crippen LogP contribution < -0.4 is 5.73 Å². The second-order valence-electron chi connectivity index (χ2n) is 5.63.